The van der Waals surface area contributed by atoms with Gasteiger partial charge in [0.05, 0.1) is 23.8 Å². The van der Waals surface area contributed by atoms with Gasteiger partial charge in [0.1, 0.15) is 10.8 Å². The first-order valence-corrected chi connectivity index (χ1v) is 5.05. The van der Waals surface area contributed by atoms with Gasteiger partial charge in [-0.3, -0.25) is 0 Å². The van der Waals surface area contributed by atoms with Crippen LogP contribution in [-0.2, 0) is 4.74 Å². The van der Waals surface area contributed by atoms with Crippen molar-refractivity contribution in [1.29, 1.82) is 0 Å². The van der Waals surface area contributed by atoms with E-state index in [1.165, 1.54) is 18.4 Å². The Bertz CT molecular complexity index is 473. The molecule has 0 radical (unpaired) electrons. The number of furan rings is 1. The van der Waals surface area contributed by atoms with Crippen LogP contribution in [0.15, 0.2) is 28.9 Å². The summed E-state index contributed by atoms with van der Waals surface area (Å²) in [5, 5.41) is 0.438. The number of nitrogen functional groups attached to an aromatic ring is 1. The van der Waals surface area contributed by atoms with Crippen molar-refractivity contribution in [2.45, 2.75) is 0 Å². The predicted molar refractivity (Wildman–Crippen MR) is 57.8 cm³/mol. The Morgan fingerprint density at radius 1 is 1.60 bits per heavy atom. The number of carbonyl (C=O) groups excluding carboxylic acids is 1. The van der Waals surface area contributed by atoms with Crippen molar-refractivity contribution in [3.63, 3.8) is 0 Å². The molecule has 0 aromatic carbocycles. The van der Waals surface area contributed by atoms with Gasteiger partial charge in [0.2, 0.25) is 0 Å². The highest BCUT2D eigenvalue weighted by Crippen LogP contribution is 2.33. The molecule has 0 atom stereocenters. The summed E-state index contributed by atoms with van der Waals surface area (Å²) in [5.74, 6) is 0.267. The van der Waals surface area contributed by atoms with Crippen LogP contribution in [0.3, 0.4) is 0 Å². The maximum absolute atomic E-state index is 11.3. The molecule has 2 rings (SSSR count). The summed E-state index contributed by atoms with van der Waals surface area (Å²) in [4.78, 5) is 12.1. The number of nitrogens with two attached hydrogens (primary N) is 1. The molecule has 15 heavy (non-hydrogen) atoms. The molecule has 0 spiro atoms. The summed E-state index contributed by atoms with van der Waals surface area (Å²) in [6.07, 6.45) is 1.57. The Balaban J connectivity index is 2.41. The molecule has 0 aliphatic heterocycles. The van der Waals surface area contributed by atoms with Crippen LogP contribution in [0.4, 0.5) is 5.00 Å². The van der Waals surface area contributed by atoms with E-state index in [0.717, 1.165) is 4.88 Å². The van der Waals surface area contributed by atoms with Crippen LogP contribution in [0.2, 0.25) is 0 Å². The monoisotopic (exact) mass is 223 g/mol. The third-order valence-electron chi connectivity index (χ3n) is 1.93. The third kappa shape index (κ3) is 1.73. The largest absolute Gasteiger partial charge is 0.465 e. The first-order chi connectivity index (χ1) is 7.22. The Morgan fingerprint density at radius 2 is 2.40 bits per heavy atom. The number of anilines is 1. The zero-order valence-electron chi connectivity index (χ0n) is 8.02. The fraction of sp³-hybridized carbons (Fsp3) is 0.100. The minimum absolute atomic E-state index is 0.383. The minimum Gasteiger partial charge on any atom is -0.465 e. The lowest BCUT2D eigenvalue weighted by Crippen LogP contribution is -2.01. The number of esters is 1. The summed E-state index contributed by atoms with van der Waals surface area (Å²) in [7, 11) is 1.33. The van der Waals surface area contributed by atoms with E-state index in [0.29, 0.717) is 16.3 Å². The second-order valence-electron chi connectivity index (χ2n) is 2.86. The molecule has 0 bridgehead atoms. The lowest BCUT2D eigenvalue weighted by molar-refractivity contribution is 0.0602. The van der Waals surface area contributed by atoms with E-state index in [2.05, 4.69) is 4.74 Å². The summed E-state index contributed by atoms with van der Waals surface area (Å²) in [6, 6.07) is 5.26. The molecule has 0 saturated carbocycles. The van der Waals surface area contributed by atoms with E-state index in [1.54, 1.807) is 18.4 Å². The van der Waals surface area contributed by atoms with Crippen molar-refractivity contribution in [1.82, 2.24) is 0 Å². The number of hydrogen-bond donors (Lipinski definition) is 1. The van der Waals surface area contributed by atoms with E-state index in [9.17, 15) is 4.79 Å². The van der Waals surface area contributed by atoms with E-state index < -0.39 is 5.97 Å². The summed E-state index contributed by atoms with van der Waals surface area (Å²) in [6.45, 7) is 0. The lowest BCUT2D eigenvalue weighted by Gasteiger charge is -1.94. The van der Waals surface area contributed by atoms with Crippen LogP contribution in [0, 0.1) is 0 Å². The highest BCUT2D eigenvalue weighted by molar-refractivity contribution is 7.19. The Hall–Kier alpha value is -1.75. The molecule has 2 aromatic rings. The molecule has 78 valence electrons. The highest BCUT2D eigenvalue weighted by Gasteiger charge is 2.16. The molecule has 0 fully saturated rings. The van der Waals surface area contributed by atoms with Gasteiger partial charge in [0.15, 0.2) is 0 Å². The standard InChI is InChI=1S/C10H9NO3S/c1-13-10(12)6-5-8(15-9(6)11)7-3-2-4-14-7/h2-5H,11H2,1H3. The topological polar surface area (TPSA) is 65.5 Å². The molecule has 0 aliphatic carbocycles. The minimum atomic E-state index is -0.429. The molecule has 2 heterocycles. The molecule has 0 amide bonds. The van der Waals surface area contributed by atoms with Gasteiger partial charge in [-0.05, 0) is 18.2 Å². The van der Waals surface area contributed by atoms with Crippen molar-refractivity contribution in [3.05, 3.63) is 30.0 Å². The summed E-state index contributed by atoms with van der Waals surface area (Å²) < 4.78 is 9.81. The molecule has 0 aliphatic rings. The van der Waals surface area contributed by atoms with Crippen LogP contribution < -0.4 is 5.73 Å². The number of carbonyl (C=O) groups is 1. The van der Waals surface area contributed by atoms with Crippen molar-refractivity contribution in [3.8, 4) is 10.6 Å². The molecule has 0 saturated heterocycles. The normalized spacial score (nSPS) is 10.2. The van der Waals surface area contributed by atoms with E-state index in [-0.39, 0.29) is 0 Å². The van der Waals surface area contributed by atoms with Gasteiger partial charge in [0.25, 0.3) is 0 Å². The van der Waals surface area contributed by atoms with Gasteiger partial charge >= 0.3 is 5.97 Å². The maximum Gasteiger partial charge on any atom is 0.340 e. The molecule has 4 nitrogen and oxygen atoms in total. The van der Waals surface area contributed by atoms with Gasteiger partial charge < -0.3 is 14.9 Å². The molecule has 2 N–H and O–H groups in total. The van der Waals surface area contributed by atoms with E-state index in [1.807, 2.05) is 6.07 Å². The van der Waals surface area contributed by atoms with Gasteiger partial charge in [-0.2, -0.15) is 0 Å². The predicted octanol–water partition coefficient (Wildman–Crippen LogP) is 2.38. The second-order valence-corrected chi connectivity index (χ2v) is 3.94. The smallest absolute Gasteiger partial charge is 0.340 e. The quantitative estimate of drug-likeness (QED) is 0.794. The fourth-order valence-electron chi connectivity index (χ4n) is 1.21. The van der Waals surface area contributed by atoms with Crippen LogP contribution in [0.5, 0.6) is 0 Å². The first-order valence-electron chi connectivity index (χ1n) is 4.24. The number of methoxy groups -OCH3 is 1. The molecular weight excluding hydrogens is 214 g/mol. The van der Waals surface area contributed by atoms with Gasteiger partial charge in [-0.15, -0.1) is 11.3 Å². The van der Waals surface area contributed by atoms with E-state index >= 15 is 0 Å². The second kappa shape index (κ2) is 3.78. The fourth-order valence-corrected chi connectivity index (χ4v) is 2.10. The van der Waals surface area contributed by atoms with Crippen molar-refractivity contribution < 1.29 is 13.9 Å². The maximum atomic E-state index is 11.3. The molecule has 5 heteroatoms. The lowest BCUT2D eigenvalue weighted by atomic mass is 10.2. The van der Waals surface area contributed by atoms with Crippen LogP contribution in [-0.4, -0.2) is 13.1 Å². The Kier molecular flexibility index (Phi) is 2.47. The summed E-state index contributed by atoms with van der Waals surface area (Å²) >= 11 is 1.30. The zero-order chi connectivity index (χ0) is 10.8. The third-order valence-corrected chi connectivity index (χ3v) is 2.91. The first kappa shape index (κ1) is 9.79. The van der Waals surface area contributed by atoms with Crippen LogP contribution in [0.1, 0.15) is 10.4 Å². The van der Waals surface area contributed by atoms with Crippen molar-refractivity contribution >= 4 is 22.3 Å². The molecular formula is C10H9NO3S. The van der Waals surface area contributed by atoms with E-state index in [4.69, 9.17) is 10.2 Å². The van der Waals surface area contributed by atoms with Crippen molar-refractivity contribution in [2.24, 2.45) is 0 Å². The van der Waals surface area contributed by atoms with Gasteiger partial charge in [-0.25, -0.2) is 4.79 Å². The van der Waals surface area contributed by atoms with Gasteiger partial charge in [-0.1, -0.05) is 0 Å². The SMILES string of the molecule is COC(=O)c1cc(-c2ccco2)sc1N. The Morgan fingerprint density at radius 3 is 3.00 bits per heavy atom. The van der Waals surface area contributed by atoms with Crippen molar-refractivity contribution in [2.75, 3.05) is 12.8 Å². The molecule has 2 aromatic heterocycles. The zero-order valence-corrected chi connectivity index (χ0v) is 8.84. The molecule has 0 unspecified atom stereocenters. The van der Waals surface area contributed by atoms with Crippen LogP contribution >= 0.6 is 11.3 Å². The average molecular weight is 223 g/mol. The highest BCUT2D eigenvalue weighted by atomic mass is 32.1. The number of ether oxygens (including phenoxy) is 1. The summed E-state index contributed by atoms with van der Waals surface area (Å²) in [5.41, 5.74) is 6.08. The Labute approximate surface area is 90.3 Å². The number of thiophene rings is 1. The number of hydrogen-bond acceptors (Lipinski definition) is 5. The number of rotatable bonds is 2. The average Bonchev–Trinajstić information content (AvgIpc) is 2.84. The van der Waals surface area contributed by atoms with Gasteiger partial charge in [0, 0.05) is 0 Å². The van der Waals surface area contributed by atoms with Crippen LogP contribution in [0.25, 0.3) is 10.6 Å².